The van der Waals surface area contributed by atoms with Crippen LogP contribution in [-0.2, 0) is 49.5 Å². The minimum absolute atomic E-state index is 0.00830. The van der Waals surface area contributed by atoms with Crippen molar-refractivity contribution in [3.8, 4) is 0 Å². The van der Waals surface area contributed by atoms with Gasteiger partial charge >= 0.3 is 18.1 Å². The minimum Gasteiger partial charge on any atom is -0.458 e. The fourth-order valence-corrected chi connectivity index (χ4v) is 7.74. The van der Waals surface area contributed by atoms with Crippen LogP contribution in [0.4, 0.5) is 13.2 Å². The van der Waals surface area contributed by atoms with E-state index in [0.29, 0.717) is 11.1 Å². The number of esters is 2. The molecule has 0 spiro atoms. The van der Waals surface area contributed by atoms with Gasteiger partial charge in [-0.1, -0.05) is 24.3 Å². The van der Waals surface area contributed by atoms with Gasteiger partial charge in [-0.05, 0) is 42.9 Å². The molecule has 16 heteroatoms. The molecule has 6 aliphatic rings. The lowest BCUT2D eigenvalue weighted by Crippen LogP contribution is -2.69. The van der Waals surface area contributed by atoms with Crippen LogP contribution in [0.5, 0.6) is 0 Å². The molecular weight excluding hydrogens is 655 g/mol. The van der Waals surface area contributed by atoms with Gasteiger partial charge in [0.15, 0.2) is 18.4 Å². The Labute approximate surface area is 279 Å². The summed E-state index contributed by atoms with van der Waals surface area (Å²) in [6.07, 6.45) is -1.58. The van der Waals surface area contributed by atoms with E-state index in [2.05, 4.69) is 15.4 Å². The molecule has 1 aromatic rings. The first-order valence-electron chi connectivity index (χ1n) is 16.6. The van der Waals surface area contributed by atoms with E-state index < -0.39 is 72.3 Å². The van der Waals surface area contributed by atoms with Crippen LogP contribution in [0.15, 0.2) is 30.3 Å². The number of hydroxylamine groups is 2. The van der Waals surface area contributed by atoms with Crippen molar-refractivity contribution in [3.05, 3.63) is 41.5 Å². The van der Waals surface area contributed by atoms with E-state index in [9.17, 15) is 32.3 Å². The zero-order valence-electron chi connectivity index (χ0n) is 26.5. The van der Waals surface area contributed by atoms with Crippen LogP contribution in [0.25, 0.3) is 6.08 Å². The summed E-state index contributed by atoms with van der Waals surface area (Å²) in [5.41, 5.74) is -0.349. The first-order valence-corrected chi connectivity index (χ1v) is 16.6. The average Bonchev–Trinajstić information content (AvgIpc) is 4.01. The van der Waals surface area contributed by atoms with Crippen LogP contribution in [0.2, 0.25) is 0 Å². The Bertz CT molecular complexity index is 1500. The van der Waals surface area contributed by atoms with Crippen LogP contribution in [0.3, 0.4) is 0 Å². The third kappa shape index (κ3) is 6.56. The molecule has 7 rings (SSSR count). The number of alkyl halides is 3. The lowest BCUT2D eigenvalue weighted by molar-refractivity contribution is -0.235. The first kappa shape index (κ1) is 33.9. The highest BCUT2D eigenvalue weighted by Gasteiger charge is 2.78. The second kappa shape index (κ2) is 13.0. The topological polar surface area (TPSA) is 162 Å². The van der Waals surface area contributed by atoms with Crippen molar-refractivity contribution in [2.75, 3.05) is 26.3 Å². The molecular formula is C33H38F3N3O10. The Morgan fingerprint density at radius 2 is 1.80 bits per heavy atom. The van der Waals surface area contributed by atoms with E-state index in [1.54, 1.807) is 24.3 Å². The molecule has 0 unspecified atom stereocenters. The highest BCUT2D eigenvalue weighted by atomic mass is 19.4. The van der Waals surface area contributed by atoms with Crippen molar-refractivity contribution < 1.29 is 61.2 Å². The zero-order valence-corrected chi connectivity index (χ0v) is 26.5. The largest absolute Gasteiger partial charge is 0.458 e. The Kier molecular flexibility index (Phi) is 8.96. The highest BCUT2D eigenvalue weighted by Crippen LogP contribution is 2.63. The molecule has 49 heavy (non-hydrogen) atoms. The van der Waals surface area contributed by atoms with Gasteiger partial charge in [0.05, 0.1) is 13.2 Å². The monoisotopic (exact) mass is 693 g/mol. The fraction of sp³-hybridized carbons (Fsp3) is 0.636. The number of carbonyl (C=O) groups is 4. The average molecular weight is 694 g/mol. The van der Waals surface area contributed by atoms with Crippen LogP contribution in [0, 0.1) is 17.3 Å². The normalized spacial score (nSPS) is 31.7. The SMILES string of the molecule is O=C(CCNC(=O)[C@@]12C[C@H]3OC(=O)[C@@H]1N(Cc1cccc(C=CC(=O)OCC(F)(F)F)c1)O[C@@H]2[C@H]1OC(C2CC2)(C2CC2)O[C@H]13)NCCO. The molecule has 2 bridgehead atoms. The van der Waals surface area contributed by atoms with Gasteiger partial charge in [0.1, 0.15) is 29.8 Å². The maximum atomic E-state index is 14.3. The summed E-state index contributed by atoms with van der Waals surface area (Å²) in [6.45, 7) is -1.85. The van der Waals surface area contributed by atoms with E-state index in [4.69, 9.17) is 24.2 Å². The van der Waals surface area contributed by atoms with Gasteiger partial charge in [0.25, 0.3) is 0 Å². The van der Waals surface area contributed by atoms with Gasteiger partial charge in [-0.15, -0.1) is 0 Å². The van der Waals surface area contributed by atoms with E-state index >= 15 is 0 Å². The molecule has 0 radical (unpaired) electrons. The predicted octanol–water partition coefficient (Wildman–Crippen LogP) is 1.52. The molecule has 3 aliphatic heterocycles. The summed E-state index contributed by atoms with van der Waals surface area (Å²) in [6, 6.07) is 5.53. The summed E-state index contributed by atoms with van der Waals surface area (Å²) in [5.74, 6) is -3.06. The number of carbonyl (C=O) groups excluding carboxylic acids is 4. The Morgan fingerprint density at radius 1 is 1.06 bits per heavy atom. The molecule has 13 nitrogen and oxygen atoms in total. The minimum atomic E-state index is -4.65. The summed E-state index contributed by atoms with van der Waals surface area (Å²) in [7, 11) is 0. The Hall–Kier alpha value is -3.57. The summed E-state index contributed by atoms with van der Waals surface area (Å²) in [4.78, 5) is 58.6. The number of amides is 2. The van der Waals surface area contributed by atoms with Gasteiger partial charge in [0.2, 0.25) is 11.8 Å². The third-order valence-corrected chi connectivity index (χ3v) is 10.1. The van der Waals surface area contributed by atoms with Gasteiger partial charge in [-0.2, -0.15) is 18.2 Å². The molecule has 6 atom stereocenters. The second-order valence-electron chi connectivity index (χ2n) is 13.5. The maximum Gasteiger partial charge on any atom is 0.422 e. The van der Waals surface area contributed by atoms with Crippen LogP contribution in [-0.4, -0.2) is 103 Å². The van der Waals surface area contributed by atoms with Crippen molar-refractivity contribution >= 4 is 29.8 Å². The zero-order chi connectivity index (χ0) is 34.6. The number of benzene rings is 1. The van der Waals surface area contributed by atoms with E-state index in [1.165, 1.54) is 11.1 Å². The Balaban J connectivity index is 1.14. The lowest BCUT2D eigenvalue weighted by Gasteiger charge is -2.48. The van der Waals surface area contributed by atoms with E-state index in [0.717, 1.165) is 31.8 Å². The maximum absolute atomic E-state index is 14.3. The molecule has 3 aliphatic carbocycles. The fourth-order valence-electron chi connectivity index (χ4n) is 7.74. The van der Waals surface area contributed by atoms with E-state index in [1.807, 2.05) is 0 Å². The van der Waals surface area contributed by atoms with Crippen LogP contribution in [0.1, 0.15) is 49.7 Å². The van der Waals surface area contributed by atoms with Gasteiger partial charge in [0, 0.05) is 43.8 Å². The number of halogens is 3. The third-order valence-electron chi connectivity index (χ3n) is 10.1. The van der Waals surface area contributed by atoms with Crippen LogP contribution >= 0.6 is 0 Å². The van der Waals surface area contributed by atoms with Crippen molar-refractivity contribution in [2.24, 2.45) is 17.3 Å². The molecule has 6 fully saturated rings. The second-order valence-corrected chi connectivity index (χ2v) is 13.5. The summed E-state index contributed by atoms with van der Waals surface area (Å²) >= 11 is 0. The quantitative estimate of drug-likeness (QED) is 0.203. The standard InChI is InChI=1S/C33H38F3N3O10/c34-32(35,36)17-45-24(42)9-4-18-2-1-3-19(14-18)16-39-27-29(43)46-22-15-31(27,30(44)38-11-10-23(41)37-12-13-40)28(49-39)26-25(22)47-33(48-26,20-5-6-20)21-7-8-21/h1-4,9,14,20-22,25-28,40H,5-8,10-13,15-17H2,(H,37,41)(H,38,44)/t22-,25+,26+,27+,28-,31+/m1/s1. The lowest BCUT2D eigenvalue weighted by atomic mass is 9.62. The van der Waals surface area contributed by atoms with Gasteiger partial charge in [-0.25, -0.2) is 4.79 Å². The molecule has 1 aromatic carbocycles. The summed E-state index contributed by atoms with van der Waals surface area (Å²) < 4.78 is 61.0. The molecule has 266 valence electrons. The molecule has 3 saturated heterocycles. The van der Waals surface area contributed by atoms with Crippen molar-refractivity contribution in [1.29, 1.82) is 0 Å². The molecule has 0 aromatic heterocycles. The molecule has 2 amide bonds. The number of aliphatic hydroxyl groups excluding tert-OH is 1. The van der Waals surface area contributed by atoms with Gasteiger partial charge in [-0.3, -0.25) is 19.2 Å². The first-order chi connectivity index (χ1) is 23.4. The molecule has 3 saturated carbocycles. The van der Waals surface area contributed by atoms with Crippen molar-refractivity contribution in [2.45, 2.75) is 87.5 Å². The summed E-state index contributed by atoms with van der Waals surface area (Å²) in [5, 5.41) is 15.8. The predicted molar refractivity (Wildman–Crippen MR) is 159 cm³/mol. The number of ether oxygens (including phenoxy) is 4. The van der Waals surface area contributed by atoms with Crippen molar-refractivity contribution in [3.63, 3.8) is 0 Å². The number of hydrogen-bond donors (Lipinski definition) is 3. The van der Waals surface area contributed by atoms with Gasteiger partial charge < -0.3 is 34.7 Å². The number of fused-ring (bicyclic) bond motifs is 4. The Morgan fingerprint density at radius 3 is 2.49 bits per heavy atom. The molecule has 3 heterocycles. The number of rotatable bonds is 13. The van der Waals surface area contributed by atoms with Crippen molar-refractivity contribution in [1.82, 2.24) is 15.7 Å². The number of aliphatic hydroxyl groups is 1. The smallest absolute Gasteiger partial charge is 0.422 e. The number of nitrogens with one attached hydrogen (secondary N) is 2. The number of nitrogens with zero attached hydrogens (tertiary/aromatic N) is 1. The van der Waals surface area contributed by atoms with E-state index in [-0.39, 0.29) is 56.8 Å². The number of hydrogen-bond acceptors (Lipinski definition) is 11. The molecule has 3 N–H and O–H groups in total. The highest BCUT2D eigenvalue weighted by molar-refractivity contribution is 5.94. The van der Waals surface area contributed by atoms with Crippen LogP contribution < -0.4 is 10.6 Å².